The van der Waals surface area contributed by atoms with Gasteiger partial charge in [-0.15, -0.1) is 0 Å². The minimum Gasteiger partial charge on any atom is -0.392 e. The monoisotopic (exact) mass is 222 g/mol. The molecule has 0 saturated heterocycles. The van der Waals surface area contributed by atoms with E-state index in [-0.39, 0.29) is 12.5 Å². The van der Waals surface area contributed by atoms with Gasteiger partial charge in [-0.2, -0.15) is 0 Å². The standard InChI is InChI=1S/C10H12N2O2.C2H6/c13-6-7-3-4-11-9(5-7)10(14)12-8-1-2-8;1-2/h3-5,8,13H,1-2,6H2,(H,12,14);1-2H3. The highest BCUT2D eigenvalue weighted by Gasteiger charge is 2.24. The van der Waals surface area contributed by atoms with Crippen molar-refractivity contribution in [2.24, 2.45) is 0 Å². The van der Waals surface area contributed by atoms with Crippen LogP contribution >= 0.6 is 0 Å². The Kier molecular flexibility index (Phi) is 4.92. The van der Waals surface area contributed by atoms with Crippen molar-refractivity contribution in [2.45, 2.75) is 39.3 Å². The second-order valence-corrected chi connectivity index (χ2v) is 3.46. The van der Waals surface area contributed by atoms with Crippen molar-refractivity contribution in [2.75, 3.05) is 0 Å². The third-order valence-corrected chi connectivity index (χ3v) is 2.15. The first-order chi connectivity index (χ1) is 7.79. The average Bonchev–Trinajstić information content (AvgIpc) is 3.15. The molecule has 16 heavy (non-hydrogen) atoms. The van der Waals surface area contributed by atoms with Crippen LogP contribution in [0, 0.1) is 0 Å². The number of nitrogens with zero attached hydrogens (tertiary/aromatic N) is 1. The van der Waals surface area contributed by atoms with E-state index in [1.807, 2.05) is 13.8 Å². The molecule has 4 nitrogen and oxygen atoms in total. The molecule has 88 valence electrons. The molecule has 1 aliphatic rings. The predicted molar refractivity (Wildman–Crippen MR) is 62.0 cm³/mol. The Morgan fingerprint density at radius 3 is 2.81 bits per heavy atom. The summed E-state index contributed by atoms with van der Waals surface area (Å²) in [7, 11) is 0. The molecule has 1 saturated carbocycles. The summed E-state index contributed by atoms with van der Waals surface area (Å²) in [6, 6.07) is 3.63. The summed E-state index contributed by atoms with van der Waals surface area (Å²) in [6.07, 6.45) is 3.66. The van der Waals surface area contributed by atoms with Crippen LogP contribution in [-0.4, -0.2) is 22.0 Å². The normalized spacial score (nSPS) is 13.7. The molecule has 2 rings (SSSR count). The van der Waals surface area contributed by atoms with Gasteiger partial charge in [0, 0.05) is 12.2 Å². The number of aromatic nitrogens is 1. The highest BCUT2D eigenvalue weighted by Crippen LogP contribution is 2.19. The van der Waals surface area contributed by atoms with E-state index < -0.39 is 0 Å². The topological polar surface area (TPSA) is 62.2 Å². The van der Waals surface area contributed by atoms with Crippen molar-refractivity contribution >= 4 is 5.91 Å². The van der Waals surface area contributed by atoms with Crippen LogP contribution in [0.5, 0.6) is 0 Å². The van der Waals surface area contributed by atoms with Gasteiger partial charge in [0.05, 0.1) is 6.61 Å². The van der Waals surface area contributed by atoms with E-state index in [0.29, 0.717) is 17.3 Å². The van der Waals surface area contributed by atoms with Gasteiger partial charge in [-0.1, -0.05) is 13.8 Å². The molecule has 0 aromatic carbocycles. The average molecular weight is 222 g/mol. The minimum absolute atomic E-state index is 0.0633. The quantitative estimate of drug-likeness (QED) is 0.814. The number of carbonyl (C=O) groups excluding carboxylic acids is 1. The molecule has 2 N–H and O–H groups in total. The van der Waals surface area contributed by atoms with E-state index in [4.69, 9.17) is 5.11 Å². The van der Waals surface area contributed by atoms with Crippen LogP contribution in [0.4, 0.5) is 0 Å². The van der Waals surface area contributed by atoms with Crippen molar-refractivity contribution in [3.63, 3.8) is 0 Å². The molecule has 0 aliphatic heterocycles. The zero-order valence-electron chi connectivity index (χ0n) is 9.73. The van der Waals surface area contributed by atoms with Gasteiger partial charge >= 0.3 is 0 Å². The second-order valence-electron chi connectivity index (χ2n) is 3.46. The van der Waals surface area contributed by atoms with Crippen molar-refractivity contribution in [1.29, 1.82) is 0 Å². The molecular formula is C12H18N2O2. The summed E-state index contributed by atoms with van der Waals surface area (Å²) in [5.74, 6) is -0.150. The molecule has 0 radical (unpaired) electrons. The number of hydrogen-bond donors (Lipinski definition) is 2. The summed E-state index contributed by atoms with van der Waals surface area (Å²) >= 11 is 0. The molecular weight excluding hydrogens is 204 g/mol. The Labute approximate surface area is 95.7 Å². The zero-order valence-corrected chi connectivity index (χ0v) is 9.73. The van der Waals surface area contributed by atoms with Gasteiger partial charge in [0.15, 0.2) is 0 Å². The summed E-state index contributed by atoms with van der Waals surface area (Å²) in [5.41, 5.74) is 1.09. The van der Waals surface area contributed by atoms with E-state index in [2.05, 4.69) is 10.3 Å². The van der Waals surface area contributed by atoms with Gasteiger partial charge in [0.1, 0.15) is 5.69 Å². The Morgan fingerprint density at radius 2 is 2.25 bits per heavy atom. The second kappa shape index (κ2) is 6.23. The lowest BCUT2D eigenvalue weighted by atomic mass is 10.2. The summed E-state index contributed by atoms with van der Waals surface area (Å²) in [4.78, 5) is 15.5. The molecule has 1 aromatic rings. The van der Waals surface area contributed by atoms with E-state index in [9.17, 15) is 4.79 Å². The number of carbonyl (C=O) groups is 1. The Balaban J connectivity index is 0.000000606. The first-order valence-corrected chi connectivity index (χ1v) is 5.66. The molecule has 0 atom stereocenters. The van der Waals surface area contributed by atoms with Gasteiger partial charge in [0.2, 0.25) is 0 Å². The fourth-order valence-corrected chi connectivity index (χ4v) is 1.18. The zero-order chi connectivity index (χ0) is 12.0. The number of pyridine rings is 1. The predicted octanol–water partition coefficient (Wildman–Crippen LogP) is 1.49. The van der Waals surface area contributed by atoms with E-state index in [1.54, 1.807) is 12.1 Å². The largest absolute Gasteiger partial charge is 0.392 e. The summed E-state index contributed by atoms with van der Waals surface area (Å²) in [5, 5.41) is 11.7. The number of amides is 1. The Hall–Kier alpha value is -1.42. The smallest absolute Gasteiger partial charge is 0.270 e. The van der Waals surface area contributed by atoms with Crippen LogP contribution in [0.2, 0.25) is 0 Å². The SMILES string of the molecule is CC.O=C(NC1CC1)c1cc(CO)ccn1. The number of aliphatic hydroxyl groups excluding tert-OH is 1. The fraction of sp³-hybridized carbons (Fsp3) is 0.500. The van der Waals surface area contributed by atoms with Crippen molar-refractivity contribution in [1.82, 2.24) is 10.3 Å². The Bertz CT molecular complexity index is 349. The number of aliphatic hydroxyl groups is 1. The van der Waals surface area contributed by atoms with Gasteiger partial charge in [0.25, 0.3) is 5.91 Å². The van der Waals surface area contributed by atoms with Crippen molar-refractivity contribution in [3.8, 4) is 0 Å². The molecule has 1 aliphatic carbocycles. The maximum Gasteiger partial charge on any atom is 0.270 e. The van der Waals surface area contributed by atoms with Gasteiger partial charge < -0.3 is 10.4 Å². The van der Waals surface area contributed by atoms with Gasteiger partial charge in [-0.25, -0.2) is 0 Å². The van der Waals surface area contributed by atoms with Crippen molar-refractivity contribution < 1.29 is 9.90 Å². The van der Waals surface area contributed by atoms with E-state index >= 15 is 0 Å². The molecule has 0 unspecified atom stereocenters. The molecule has 4 heteroatoms. The third kappa shape index (κ3) is 3.62. The molecule has 0 spiro atoms. The van der Waals surface area contributed by atoms with Crippen LogP contribution in [0.25, 0.3) is 0 Å². The van der Waals surface area contributed by atoms with Gasteiger partial charge in [-0.3, -0.25) is 9.78 Å². The highest BCUT2D eigenvalue weighted by molar-refractivity contribution is 5.92. The lowest BCUT2D eigenvalue weighted by molar-refractivity contribution is 0.0946. The number of hydrogen-bond acceptors (Lipinski definition) is 3. The summed E-state index contributed by atoms with van der Waals surface area (Å²) < 4.78 is 0. The maximum atomic E-state index is 11.5. The maximum absolute atomic E-state index is 11.5. The summed E-state index contributed by atoms with van der Waals surface area (Å²) in [6.45, 7) is 3.94. The molecule has 1 amide bonds. The molecule has 1 heterocycles. The van der Waals surface area contributed by atoms with Crippen LogP contribution in [0.3, 0.4) is 0 Å². The molecule has 0 bridgehead atoms. The first-order valence-electron chi connectivity index (χ1n) is 5.66. The number of rotatable bonds is 3. The van der Waals surface area contributed by atoms with Gasteiger partial charge in [-0.05, 0) is 30.5 Å². The fourth-order valence-electron chi connectivity index (χ4n) is 1.18. The number of nitrogens with one attached hydrogen (secondary N) is 1. The minimum atomic E-state index is -0.150. The third-order valence-electron chi connectivity index (χ3n) is 2.15. The van der Waals surface area contributed by atoms with Crippen LogP contribution in [0.1, 0.15) is 42.7 Å². The van der Waals surface area contributed by atoms with Crippen LogP contribution in [0.15, 0.2) is 18.3 Å². The highest BCUT2D eigenvalue weighted by atomic mass is 16.3. The van der Waals surface area contributed by atoms with E-state index in [0.717, 1.165) is 12.8 Å². The van der Waals surface area contributed by atoms with Crippen LogP contribution in [-0.2, 0) is 6.61 Å². The molecule has 1 fully saturated rings. The van der Waals surface area contributed by atoms with Crippen LogP contribution < -0.4 is 5.32 Å². The lowest BCUT2D eigenvalue weighted by Crippen LogP contribution is -2.26. The molecule has 1 aromatic heterocycles. The lowest BCUT2D eigenvalue weighted by Gasteiger charge is -2.03. The van der Waals surface area contributed by atoms with Crippen molar-refractivity contribution in [3.05, 3.63) is 29.6 Å². The first kappa shape index (κ1) is 12.6. The van der Waals surface area contributed by atoms with E-state index in [1.165, 1.54) is 6.20 Å². The Morgan fingerprint density at radius 1 is 1.56 bits per heavy atom.